The van der Waals surface area contributed by atoms with E-state index in [1.807, 2.05) is 36.4 Å². The highest BCUT2D eigenvalue weighted by Crippen LogP contribution is 2.48. The fraction of sp³-hybridized carbons (Fsp3) is 0. The summed E-state index contributed by atoms with van der Waals surface area (Å²) in [5.41, 5.74) is 17.6. The van der Waals surface area contributed by atoms with Crippen molar-refractivity contribution in [3.05, 3.63) is 417 Å². The number of halogens is 1. The first-order valence-electron chi connectivity index (χ1n) is 38.3. The smallest absolute Gasteiger partial charge is 0.423 e. The molecule has 0 amide bonds. The van der Waals surface area contributed by atoms with E-state index in [9.17, 15) is 10.0 Å². The van der Waals surface area contributed by atoms with Gasteiger partial charge >= 0.3 is 7.12 Å². The van der Waals surface area contributed by atoms with Gasteiger partial charge < -0.3 is 10.0 Å². The third-order valence-electron chi connectivity index (χ3n) is 22.8. The van der Waals surface area contributed by atoms with Crippen molar-refractivity contribution in [2.45, 2.75) is 0 Å². The van der Waals surface area contributed by atoms with E-state index in [0.29, 0.717) is 5.46 Å². The maximum atomic E-state index is 10.2. The van der Waals surface area contributed by atoms with Crippen molar-refractivity contribution in [3.63, 3.8) is 0 Å². The van der Waals surface area contributed by atoms with E-state index in [4.69, 9.17) is 0 Å². The Hall–Kier alpha value is -13.6. The fourth-order valence-corrected chi connectivity index (χ4v) is 18.2. The van der Waals surface area contributed by atoms with Crippen LogP contribution >= 0.6 is 15.9 Å². The maximum Gasteiger partial charge on any atom is 0.489 e. The Labute approximate surface area is 657 Å². The maximum absolute atomic E-state index is 10.2. The molecule has 0 aliphatic heterocycles. The molecule has 22 rings (SSSR count). The zero-order chi connectivity index (χ0) is 74.8. The van der Waals surface area contributed by atoms with Crippen LogP contribution in [0.5, 0.6) is 0 Å². The molecule has 4 heteroatoms. The summed E-state index contributed by atoms with van der Waals surface area (Å²) in [7, 11) is -1.54. The van der Waals surface area contributed by atoms with Crippen LogP contribution in [0.4, 0.5) is 0 Å². The summed E-state index contributed by atoms with van der Waals surface area (Å²) in [4.78, 5) is 0. The molecule has 0 unspecified atom stereocenters. The van der Waals surface area contributed by atoms with Crippen LogP contribution in [0.1, 0.15) is 0 Å². The molecular formula is C108H70BBrO2. The van der Waals surface area contributed by atoms with Crippen LogP contribution in [0.15, 0.2) is 417 Å². The highest BCUT2D eigenvalue weighted by molar-refractivity contribution is 9.10. The number of rotatable bonds is 8. The Balaban J connectivity index is 0.000000120. The summed E-state index contributed by atoms with van der Waals surface area (Å²) in [5.74, 6) is 0. The van der Waals surface area contributed by atoms with Gasteiger partial charge in [0.15, 0.2) is 0 Å². The molecule has 0 fully saturated rings. The minimum absolute atomic E-state index is 0.553. The Morgan fingerprint density at radius 3 is 0.973 bits per heavy atom. The summed E-state index contributed by atoms with van der Waals surface area (Å²) >= 11 is 3.61. The molecule has 0 saturated heterocycles. The predicted octanol–water partition coefficient (Wildman–Crippen LogP) is 29.0. The van der Waals surface area contributed by atoms with Gasteiger partial charge in [-0.2, -0.15) is 0 Å². The highest BCUT2D eigenvalue weighted by atomic mass is 79.9. The van der Waals surface area contributed by atoms with Gasteiger partial charge in [0.05, 0.1) is 0 Å². The van der Waals surface area contributed by atoms with E-state index >= 15 is 0 Å². The first kappa shape index (κ1) is 67.8. The summed E-state index contributed by atoms with van der Waals surface area (Å²) in [5, 5.41) is 49.7. The topological polar surface area (TPSA) is 40.5 Å². The third kappa shape index (κ3) is 12.0. The lowest BCUT2D eigenvalue weighted by molar-refractivity contribution is 0.426. The SMILES string of the molecule is Brc1cccc(-c2cc3ccc4ccccc4c3c3ccccc23)c1.OB(O)c1c2ccccc2c(-c2ccc(-c3cccc4ccccc34)cc2)c2ccccc12.c1cc(-c2c3ccccc3c(-c3ccc(-c4cccc5ccccc45)cc3)c3ccccc23)cc(-c2cc3ccccc3c3c2ccc2ccccc23)c1. The van der Waals surface area contributed by atoms with Crippen LogP contribution in [0.2, 0.25) is 0 Å². The molecular weight excluding hydrogens is 1420 g/mol. The van der Waals surface area contributed by atoms with Crippen molar-refractivity contribution >= 4 is 158 Å². The molecule has 0 heterocycles. The molecule has 22 aromatic rings. The second-order valence-corrected chi connectivity index (χ2v) is 30.0. The second kappa shape index (κ2) is 28.8. The molecule has 524 valence electrons. The van der Waals surface area contributed by atoms with Crippen LogP contribution < -0.4 is 5.46 Å². The predicted molar refractivity (Wildman–Crippen MR) is 485 cm³/mol. The Bertz CT molecular complexity index is 7350. The molecule has 0 saturated carbocycles. The fourth-order valence-electron chi connectivity index (χ4n) is 17.8. The van der Waals surface area contributed by atoms with Crippen molar-refractivity contribution in [1.29, 1.82) is 0 Å². The zero-order valence-corrected chi connectivity index (χ0v) is 62.7. The molecule has 0 aromatic heterocycles. The van der Waals surface area contributed by atoms with Crippen molar-refractivity contribution in [2.24, 2.45) is 0 Å². The van der Waals surface area contributed by atoms with Crippen molar-refractivity contribution in [2.75, 3.05) is 0 Å². The van der Waals surface area contributed by atoms with E-state index in [-0.39, 0.29) is 0 Å². The van der Waals surface area contributed by atoms with Gasteiger partial charge in [-0.25, -0.2) is 0 Å². The van der Waals surface area contributed by atoms with E-state index < -0.39 is 7.12 Å². The van der Waals surface area contributed by atoms with E-state index in [0.717, 1.165) is 37.1 Å². The highest BCUT2D eigenvalue weighted by Gasteiger charge is 2.24. The van der Waals surface area contributed by atoms with E-state index in [2.05, 4.69) is 392 Å². The minimum Gasteiger partial charge on any atom is -0.423 e. The van der Waals surface area contributed by atoms with Crippen molar-refractivity contribution in [3.8, 4) is 77.9 Å². The standard InChI is InChI=1S/C54H34.C30H21BO2.C24H15Br/c1-4-19-42-35(13-1)16-12-26-43(42)37-27-29-38(30-28-37)52-46-22-7-9-24-48(46)53(49-25-10-8-23-47(49)52)41-18-11-17-39(33-41)51-34-40-15-3-6-21-45(40)54-44-20-5-2-14-36(44)31-32-50(51)54;32-31(33)30-27-13-5-3-11-25(27)29(26-12-4-6-14-28(26)30)22-18-16-21(17-19-22)24-15-7-9-20-8-1-2-10-23(20)24;25-19-8-5-7-17(14-19)23-15-18-13-12-16-6-1-2-9-20(16)24(18)22-11-4-3-10-21(22)23/h1-34H;1-19,32-33H;1-15H. The molecule has 22 aromatic carbocycles. The average Bonchev–Trinajstić information content (AvgIpc) is 0.754. The number of hydrogen-bond acceptors (Lipinski definition) is 2. The summed E-state index contributed by atoms with van der Waals surface area (Å²) in [6.07, 6.45) is 0. The first-order valence-corrected chi connectivity index (χ1v) is 39.1. The molecule has 0 aliphatic rings. The van der Waals surface area contributed by atoms with E-state index in [1.54, 1.807) is 0 Å². The van der Waals surface area contributed by atoms with Gasteiger partial charge in [0.25, 0.3) is 0 Å². The van der Waals surface area contributed by atoms with Gasteiger partial charge in [0.1, 0.15) is 0 Å². The van der Waals surface area contributed by atoms with Gasteiger partial charge in [-0.3, -0.25) is 0 Å². The number of hydrogen-bond donors (Lipinski definition) is 2. The Kier molecular flexibility index (Phi) is 17.4. The van der Waals surface area contributed by atoms with Gasteiger partial charge in [0, 0.05) is 4.47 Å². The van der Waals surface area contributed by atoms with Gasteiger partial charge in [-0.1, -0.05) is 398 Å². The molecule has 0 radical (unpaired) electrons. The monoisotopic (exact) mass is 1490 g/mol. The Morgan fingerprint density at radius 1 is 0.170 bits per heavy atom. The normalized spacial score (nSPS) is 11.5. The van der Waals surface area contributed by atoms with Crippen molar-refractivity contribution < 1.29 is 10.0 Å². The van der Waals surface area contributed by atoms with Crippen LogP contribution in [-0.4, -0.2) is 17.2 Å². The molecule has 112 heavy (non-hydrogen) atoms. The van der Waals surface area contributed by atoms with Gasteiger partial charge in [-0.05, 0) is 243 Å². The van der Waals surface area contributed by atoms with Crippen LogP contribution in [0.25, 0.3) is 207 Å². The minimum atomic E-state index is -1.54. The summed E-state index contributed by atoms with van der Waals surface area (Å²) < 4.78 is 1.10. The number of fused-ring (bicyclic) bond motifs is 16. The van der Waals surface area contributed by atoms with Crippen LogP contribution in [-0.2, 0) is 0 Å². The molecule has 0 aliphatic carbocycles. The summed E-state index contributed by atoms with van der Waals surface area (Å²) in [6.45, 7) is 0. The molecule has 0 spiro atoms. The number of benzene rings is 22. The van der Waals surface area contributed by atoms with E-state index in [1.165, 1.54) is 174 Å². The van der Waals surface area contributed by atoms with Gasteiger partial charge in [0.2, 0.25) is 0 Å². The Morgan fingerprint density at radius 2 is 0.482 bits per heavy atom. The lowest BCUT2D eigenvalue weighted by Crippen LogP contribution is -2.31. The van der Waals surface area contributed by atoms with Crippen LogP contribution in [0, 0.1) is 0 Å². The molecule has 0 bridgehead atoms. The van der Waals surface area contributed by atoms with Crippen molar-refractivity contribution in [1.82, 2.24) is 0 Å². The quantitative estimate of drug-likeness (QED) is 0.0904. The molecule has 0 atom stereocenters. The molecule has 2 N–H and O–H groups in total. The largest absolute Gasteiger partial charge is 0.489 e. The first-order chi connectivity index (χ1) is 55.3. The zero-order valence-electron chi connectivity index (χ0n) is 61.1. The average molecular weight is 1490 g/mol. The second-order valence-electron chi connectivity index (χ2n) is 29.1. The third-order valence-corrected chi connectivity index (χ3v) is 23.3. The van der Waals surface area contributed by atoms with Gasteiger partial charge in [-0.15, -0.1) is 0 Å². The lowest BCUT2D eigenvalue weighted by Gasteiger charge is -2.19. The molecule has 2 nitrogen and oxygen atoms in total. The van der Waals surface area contributed by atoms with Crippen LogP contribution in [0.3, 0.4) is 0 Å². The lowest BCUT2D eigenvalue weighted by atomic mass is 9.72. The summed E-state index contributed by atoms with van der Waals surface area (Å²) in [6, 6.07) is 148.